The van der Waals surface area contributed by atoms with Crippen LogP contribution in [0.5, 0.6) is 0 Å². The molecule has 4 heteroatoms. The third-order valence-electron chi connectivity index (χ3n) is 3.67. The van der Waals surface area contributed by atoms with Crippen LogP contribution in [0.2, 0.25) is 0 Å². The van der Waals surface area contributed by atoms with Gasteiger partial charge in [0.1, 0.15) is 6.04 Å². The molecule has 0 fully saturated rings. The number of aryl methyl sites for hydroxylation is 1. The first-order valence-corrected chi connectivity index (χ1v) is 6.61. The Morgan fingerprint density at radius 1 is 1.47 bits per heavy atom. The summed E-state index contributed by atoms with van der Waals surface area (Å²) >= 11 is 0. The Morgan fingerprint density at radius 2 is 2.21 bits per heavy atom. The molecule has 0 bridgehead atoms. The van der Waals surface area contributed by atoms with Crippen LogP contribution in [0.1, 0.15) is 36.8 Å². The number of aromatic nitrogens is 1. The SMILES string of the molecule is CCC[C@@H](c1c[nH]c2c(C)cccc12)[C@H](N)C(=O)O. The lowest BCUT2D eigenvalue weighted by Crippen LogP contribution is -2.36. The first-order valence-electron chi connectivity index (χ1n) is 6.61. The first kappa shape index (κ1) is 13.6. The fourth-order valence-corrected chi connectivity index (χ4v) is 2.65. The molecule has 1 aromatic heterocycles. The number of fused-ring (bicyclic) bond motifs is 1. The predicted octanol–water partition coefficient (Wildman–Crippen LogP) is 2.77. The van der Waals surface area contributed by atoms with Gasteiger partial charge in [-0.1, -0.05) is 31.5 Å². The number of carbonyl (C=O) groups is 1. The number of aromatic amines is 1. The summed E-state index contributed by atoms with van der Waals surface area (Å²) in [5.74, 6) is -1.10. The molecule has 2 atom stereocenters. The monoisotopic (exact) mass is 260 g/mol. The van der Waals surface area contributed by atoms with Gasteiger partial charge in [0, 0.05) is 23.0 Å². The zero-order valence-electron chi connectivity index (χ0n) is 11.3. The highest BCUT2D eigenvalue weighted by Crippen LogP contribution is 2.32. The van der Waals surface area contributed by atoms with Crippen LogP contribution in [0, 0.1) is 6.92 Å². The molecule has 2 aromatic rings. The molecule has 102 valence electrons. The van der Waals surface area contributed by atoms with Gasteiger partial charge < -0.3 is 15.8 Å². The fourth-order valence-electron chi connectivity index (χ4n) is 2.65. The lowest BCUT2D eigenvalue weighted by atomic mass is 9.87. The highest BCUT2D eigenvalue weighted by atomic mass is 16.4. The summed E-state index contributed by atoms with van der Waals surface area (Å²) in [5.41, 5.74) is 9.08. The Labute approximate surface area is 112 Å². The van der Waals surface area contributed by atoms with Gasteiger partial charge in [0.2, 0.25) is 0 Å². The molecule has 0 aliphatic carbocycles. The molecule has 19 heavy (non-hydrogen) atoms. The second-order valence-corrected chi connectivity index (χ2v) is 5.00. The standard InChI is InChI=1S/C15H20N2O2/c1-3-5-10(13(16)15(18)19)12-8-17-14-9(2)6-4-7-11(12)14/h4,6-8,10,13,17H,3,5,16H2,1-2H3,(H,18,19)/t10-,13-/m0/s1. The number of rotatable bonds is 5. The molecule has 4 nitrogen and oxygen atoms in total. The molecule has 0 saturated carbocycles. The van der Waals surface area contributed by atoms with Gasteiger partial charge in [-0.25, -0.2) is 0 Å². The van der Waals surface area contributed by atoms with E-state index in [2.05, 4.69) is 4.98 Å². The Morgan fingerprint density at radius 3 is 2.84 bits per heavy atom. The van der Waals surface area contributed by atoms with Gasteiger partial charge in [-0.2, -0.15) is 0 Å². The van der Waals surface area contributed by atoms with Gasteiger partial charge in [-0.15, -0.1) is 0 Å². The van der Waals surface area contributed by atoms with E-state index in [0.29, 0.717) is 0 Å². The number of hydrogen-bond donors (Lipinski definition) is 3. The molecule has 0 saturated heterocycles. The Bertz CT molecular complexity index is 589. The number of para-hydroxylation sites is 1. The van der Waals surface area contributed by atoms with Crippen LogP contribution in [0.3, 0.4) is 0 Å². The van der Waals surface area contributed by atoms with E-state index in [1.807, 2.05) is 38.2 Å². The highest BCUT2D eigenvalue weighted by Gasteiger charge is 2.27. The number of H-pyrrole nitrogens is 1. The fraction of sp³-hybridized carbons (Fsp3) is 0.400. The third-order valence-corrected chi connectivity index (χ3v) is 3.67. The summed E-state index contributed by atoms with van der Waals surface area (Å²) in [5, 5.41) is 10.2. The first-order chi connectivity index (χ1) is 9.06. The van der Waals surface area contributed by atoms with E-state index in [1.165, 1.54) is 0 Å². The van der Waals surface area contributed by atoms with E-state index in [1.54, 1.807) is 0 Å². The second kappa shape index (κ2) is 5.45. The van der Waals surface area contributed by atoms with E-state index in [-0.39, 0.29) is 5.92 Å². The maximum Gasteiger partial charge on any atom is 0.321 e. The van der Waals surface area contributed by atoms with Gasteiger partial charge in [0.15, 0.2) is 0 Å². The topological polar surface area (TPSA) is 79.1 Å². The lowest BCUT2D eigenvalue weighted by Gasteiger charge is -2.20. The van der Waals surface area contributed by atoms with E-state index in [9.17, 15) is 4.79 Å². The number of benzene rings is 1. The summed E-state index contributed by atoms with van der Waals surface area (Å²) in [4.78, 5) is 14.4. The van der Waals surface area contributed by atoms with Crippen LogP contribution in [0.25, 0.3) is 10.9 Å². The van der Waals surface area contributed by atoms with Crippen molar-refractivity contribution in [2.24, 2.45) is 5.73 Å². The van der Waals surface area contributed by atoms with Crippen molar-refractivity contribution in [1.82, 2.24) is 4.98 Å². The predicted molar refractivity (Wildman–Crippen MR) is 76.3 cm³/mol. The van der Waals surface area contributed by atoms with Crippen LogP contribution in [-0.2, 0) is 4.79 Å². The van der Waals surface area contributed by atoms with Crippen molar-refractivity contribution in [1.29, 1.82) is 0 Å². The van der Waals surface area contributed by atoms with Gasteiger partial charge >= 0.3 is 5.97 Å². The average molecular weight is 260 g/mol. The van der Waals surface area contributed by atoms with Crippen molar-refractivity contribution in [2.45, 2.75) is 38.6 Å². The second-order valence-electron chi connectivity index (χ2n) is 5.00. The number of nitrogens with two attached hydrogens (primary N) is 1. The number of nitrogens with one attached hydrogen (secondary N) is 1. The van der Waals surface area contributed by atoms with Crippen LogP contribution >= 0.6 is 0 Å². The van der Waals surface area contributed by atoms with Crippen molar-refractivity contribution in [3.05, 3.63) is 35.5 Å². The molecule has 1 aromatic carbocycles. The maximum atomic E-state index is 11.2. The molecular formula is C15H20N2O2. The molecule has 0 amide bonds. The molecule has 0 spiro atoms. The summed E-state index contributed by atoms with van der Waals surface area (Å²) in [6.07, 6.45) is 3.58. The quantitative estimate of drug-likeness (QED) is 0.773. The summed E-state index contributed by atoms with van der Waals surface area (Å²) in [7, 11) is 0. The lowest BCUT2D eigenvalue weighted by molar-refractivity contribution is -0.139. The number of hydrogen-bond acceptors (Lipinski definition) is 2. The van der Waals surface area contributed by atoms with Crippen LogP contribution in [0.4, 0.5) is 0 Å². The van der Waals surface area contributed by atoms with Crippen molar-refractivity contribution >= 4 is 16.9 Å². The average Bonchev–Trinajstić information content (AvgIpc) is 2.80. The highest BCUT2D eigenvalue weighted by molar-refractivity contribution is 5.87. The van der Waals surface area contributed by atoms with Crippen molar-refractivity contribution in [2.75, 3.05) is 0 Å². The summed E-state index contributed by atoms with van der Waals surface area (Å²) < 4.78 is 0. The smallest absolute Gasteiger partial charge is 0.321 e. The van der Waals surface area contributed by atoms with Crippen molar-refractivity contribution in [3.63, 3.8) is 0 Å². The molecule has 4 N–H and O–H groups in total. The number of carboxylic acid groups (broad SMARTS) is 1. The van der Waals surface area contributed by atoms with E-state index in [0.717, 1.165) is 34.9 Å². The van der Waals surface area contributed by atoms with Gasteiger partial charge in [-0.05, 0) is 24.5 Å². The molecule has 0 unspecified atom stereocenters. The minimum atomic E-state index is -0.944. The molecule has 0 aliphatic rings. The molecule has 0 radical (unpaired) electrons. The van der Waals surface area contributed by atoms with Gasteiger partial charge in [-0.3, -0.25) is 4.79 Å². The maximum absolute atomic E-state index is 11.2. The molecular weight excluding hydrogens is 240 g/mol. The minimum Gasteiger partial charge on any atom is -0.480 e. The Balaban J connectivity index is 2.50. The van der Waals surface area contributed by atoms with Crippen molar-refractivity contribution in [3.8, 4) is 0 Å². The zero-order chi connectivity index (χ0) is 14.0. The number of aliphatic carboxylic acids is 1. The van der Waals surface area contributed by atoms with Crippen LogP contribution < -0.4 is 5.73 Å². The van der Waals surface area contributed by atoms with E-state index in [4.69, 9.17) is 10.8 Å². The van der Waals surface area contributed by atoms with Crippen LogP contribution in [-0.4, -0.2) is 22.1 Å². The van der Waals surface area contributed by atoms with Crippen molar-refractivity contribution < 1.29 is 9.90 Å². The molecule has 1 heterocycles. The van der Waals surface area contributed by atoms with Gasteiger partial charge in [0.25, 0.3) is 0 Å². The Hall–Kier alpha value is -1.81. The summed E-state index contributed by atoms with van der Waals surface area (Å²) in [6.45, 7) is 4.08. The van der Waals surface area contributed by atoms with E-state index < -0.39 is 12.0 Å². The summed E-state index contributed by atoms with van der Waals surface area (Å²) in [6, 6.07) is 5.18. The third kappa shape index (κ3) is 2.49. The van der Waals surface area contributed by atoms with E-state index >= 15 is 0 Å². The number of carboxylic acids is 1. The molecule has 2 rings (SSSR count). The van der Waals surface area contributed by atoms with Crippen LogP contribution in [0.15, 0.2) is 24.4 Å². The zero-order valence-corrected chi connectivity index (χ0v) is 11.3. The Kier molecular flexibility index (Phi) is 3.90. The molecule has 0 aliphatic heterocycles. The minimum absolute atomic E-state index is 0.155. The normalized spacial score (nSPS) is 14.5. The van der Waals surface area contributed by atoms with Gasteiger partial charge in [0.05, 0.1) is 0 Å². The largest absolute Gasteiger partial charge is 0.480 e.